The minimum absolute atomic E-state index is 0.0225. The van der Waals surface area contributed by atoms with Crippen LogP contribution < -0.4 is 0 Å². The van der Waals surface area contributed by atoms with Gasteiger partial charge in [-0.25, -0.2) is 4.98 Å². The van der Waals surface area contributed by atoms with Crippen LogP contribution in [0.3, 0.4) is 0 Å². The summed E-state index contributed by atoms with van der Waals surface area (Å²) in [4.78, 5) is 17.7. The second-order valence-electron chi connectivity index (χ2n) is 3.67. The molecule has 15 heavy (non-hydrogen) atoms. The zero-order chi connectivity index (χ0) is 11.4. The van der Waals surface area contributed by atoms with Crippen LogP contribution in [0.1, 0.15) is 24.3 Å². The van der Waals surface area contributed by atoms with Gasteiger partial charge in [0.2, 0.25) is 0 Å². The predicted molar refractivity (Wildman–Crippen MR) is 60.1 cm³/mol. The van der Waals surface area contributed by atoms with Gasteiger partial charge in [-0.05, 0) is 13.8 Å². The third-order valence-corrected chi connectivity index (χ3v) is 2.41. The van der Waals surface area contributed by atoms with Crippen molar-refractivity contribution in [1.29, 1.82) is 0 Å². The number of alkyl halides is 1. The van der Waals surface area contributed by atoms with Gasteiger partial charge in [-0.2, -0.15) is 0 Å². The van der Waals surface area contributed by atoms with Crippen molar-refractivity contribution in [3.63, 3.8) is 0 Å². The van der Waals surface area contributed by atoms with E-state index in [1.165, 1.54) is 0 Å². The van der Waals surface area contributed by atoms with Crippen LogP contribution >= 0.6 is 11.6 Å². The molecule has 0 radical (unpaired) electrons. The number of imidazole rings is 1. The smallest absolute Gasteiger partial charge is 0.272 e. The van der Waals surface area contributed by atoms with Crippen LogP contribution in [0.25, 0.3) is 0 Å². The first-order chi connectivity index (χ1) is 7.07. The molecule has 0 N–H and O–H groups in total. The second kappa shape index (κ2) is 5.16. The highest BCUT2D eigenvalue weighted by Crippen LogP contribution is 2.07. The van der Waals surface area contributed by atoms with Gasteiger partial charge in [0, 0.05) is 25.5 Å². The molecule has 0 atom stereocenters. The number of amides is 1. The molecule has 0 unspecified atom stereocenters. The summed E-state index contributed by atoms with van der Waals surface area (Å²) < 4.78 is 1.71. The number of aryl methyl sites for hydroxylation is 1. The van der Waals surface area contributed by atoms with Crippen LogP contribution in [0.2, 0.25) is 0 Å². The Morgan fingerprint density at radius 3 is 2.73 bits per heavy atom. The summed E-state index contributed by atoms with van der Waals surface area (Å²) in [7, 11) is 1.80. The van der Waals surface area contributed by atoms with E-state index in [1.807, 2.05) is 13.8 Å². The first-order valence-electron chi connectivity index (χ1n) is 4.91. The Hall–Kier alpha value is -1.03. The standard InChI is InChI=1S/C10H16ClN3O/c1-8(2)14(5-4-11)10(15)9-6-12-7-13(9)3/h6-8H,4-5H2,1-3H3. The number of nitrogens with zero attached hydrogens (tertiary/aromatic N) is 3. The lowest BCUT2D eigenvalue weighted by molar-refractivity contribution is 0.0708. The van der Waals surface area contributed by atoms with Crippen LogP contribution in [-0.2, 0) is 7.05 Å². The molecule has 1 aromatic rings. The van der Waals surface area contributed by atoms with Crippen molar-refractivity contribution in [2.75, 3.05) is 12.4 Å². The highest BCUT2D eigenvalue weighted by atomic mass is 35.5. The maximum Gasteiger partial charge on any atom is 0.272 e. The molecule has 1 aromatic heterocycles. The van der Waals surface area contributed by atoms with Gasteiger partial charge in [0.05, 0.1) is 12.5 Å². The lowest BCUT2D eigenvalue weighted by Gasteiger charge is -2.25. The summed E-state index contributed by atoms with van der Waals surface area (Å²) in [5.41, 5.74) is 0.591. The zero-order valence-corrected chi connectivity index (χ0v) is 10.0. The summed E-state index contributed by atoms with van der Waals surface area (Å²) in [5.74, 6) is 0.424. The van der Waals surface area contributed by atoms with E-state index in [0.29, 0.717) is 18.1 Å². The summed E-state index contributed by atoms with van der Waals surface area (Å²) >= 11 is 5.67. The van der Waals surface area contributed by atoms with Gasteiger partial charge in [-0.15, -0.1) is 11.6 Å². The quantitative estimate of drug-likeness (QED) is 0.735. The molecule has 1 heterocycles. The van der Waals surface area contributed by atoms with E-state index >= 15 is 0 Å². The normalized spacial score (nSPS) is 10.7. The minimum atomic E-state index is -0.0225. The van der Waals surface area contributed by atoms with E-state index in [2.05, 4.69) is 4.98 Å². The topological polar surface area (TPSA) is 38.1 Å². The molecule has 0 bridgehead atoms. The fraction of sp³-hybridized carbons (Fsp3) is 0.600. The van der Waals surface area contributed by atoms with E-state index in [4.69, 9.17) is 11.6 Å². The Kier molecular flexibility index (Phi) is 4.15. The van der Waals surface area contributed by atoms with E-state index < -0.39 is 0 Å². The number of halogens is 1. The van der Waals surface area contributed by atoms with Crippen LogP contribution in [0.15, 0.2) is 12.5 Å². The fourth-order valence-electron chi connectivity index (χ4n) is 1.40. The number of carbonyl (C=O) groups is 1. The molecule has 0 fully saturated rings. The molecule has 4 nitrogen and oxygen atoms in total. The van der Waals surface area contributed by atoms with Crippen molar-refractivity contribution in [1.82, 2.24) is 14.5 Å². The number of rotatable bonds is 4. The second-order valence-corrected chi connectivity index (χ2v) is 4.05. The third-order valence-electron chi connectivity index (χ3n) is 2.25. The van der Waals surface area contributed by atoms with E-state index in [1.54, 1.807) is 29.0 Å². The summed E-state index contributed by atoms with van der Waals surface area (Å²) in [6.45, 7) is 4.50. The molecule has 0 aliphatic heterocycles. The zero-order valence-electron chi connectivity index (χ0n) is 9.27. The molecule has 0 saturated carbocycles. The van der Waals surface area contributed by atoms with E-state index in [0.717, 1.165) is 0 Å². The average Bonchev–Trinajstić information content (AvgIpc) is 2.59. The van der Waals surface area contributed by atoms with Gasteiger partial charge in [0.15, 0.2) is 0 Å². The minimum Gasteiger partial charge on any atom is -0.334 e. The number of hydrogen-bond acceptors (Lipinski definition) is 2. The van der Waals surface area contributed by atoms with Crippen molar-refractivity contribution in [3.05, 3.63) is 18.2 Å². The molecular formula is C10H16ClN3O. The van der Waals surface area contributed by atoms with Crippen LogP contribution in [0.4, 0.5) is 0 Å². The summed E-state index contributed by atoms with van der Waals surface area (Å²) in [6, 6.07) is 0.145. The molecule has 1 rings (SSSR count). The Balaban J connectivity index is 2.86. The van der Waals surface area contributed by atoms with E-state index in [-0.39, 0.29) is 11.9 Å². The van der Waals surface area contributed by atoms with Gasteiger partial charge < -0.3 is 9.47 Å². The first-order valence-corrected chi connectivity index (χ1v) is 5.44. The fourth-order valence-corrected chi connectivity index (χ4v) is 1.58. The van der Waals surface area contributed by atoms with Crippen LogP contribution in [-0.4, -0.2) is 38.8 Å². The van der Waals surface area contributed by atoms with Gasteiger partial charge in [-0.3, -0.25) is 4.79 Å². The van der Waals surface area contributed by atoms with Gasteiger partial charge in [0.1, 0.15) is 5.69 Å². The number of aromatic nitrogens is 2. The summed E-state index contributed by atoms with van der Waals surface area (Å²) in [5, 5.41) is 0. The Morgan fingerprint density at radius 1 is 1.67 bits per heavy atom. The van der Waals surface area contributed by atoms with Gasteiger partial charge >= 0.3 is 0 Å². The summed E-state index contributed by atoms with van der Waals surface area (Å²) in [6.07, 6.45) is 3.19. The lowest BCUT2D eigenvalue weighted by atomic mass is 10.3. The monoisotopic (exact) mass is 229 g/mol. The largest absolute Gasteiger partial charge is 0.334 e. The van der Waals surface area contributed by atoms with Crippen molar-refractivity contribution < 1.29 is 4.79 Å². The van der Waals surface area contributed by atoms with Crippen LogP contribution in [0.5, 0.6) is 0 Å². The highest BCUT2D eigenvalue weighted by Gasteiger charge is 2.20. The highest BCUT2D eigenvalue weighted by molar-refractivity contribution is 6.18. The lowest BCUT2D eigenvalue weighted by Crippen LogP contribution is -2.39. The first kappa shape index (κ1) is 12.0. The molecule has 1 amide bonds. The SMILES string of the molecule is CC(C)N(CCCl)C(=O)c1cncn1C. The van der Waals surface area contributed by atoms with Crippen molar-refractivity contribution in [2.24, 2.45) is 7.05 Å². The molecule has 84 valence electrons. The maximum atomic E-state index is 12.1. The van der Waals surface area contributed by atoms with Crippen molar-refractivity contribution in [2.45, 2.75) is 19.9 Å². The molecule has 0 spiro atoms. The van der Waals surface area contributed by atoms with Crippen molar-refractivity contribution in [3.8, 4) is 0 Å². The molecular weight excluding hydrogens is 214 g/mol. The van der Waals surface area contributed by atoms with Crippen molar-refractivity contribution >= 4 is 17.5 Å². The molecule has 0 saturated heterocycles. The van der Waals surface area contributed by atoms with E-state index in [9.17, 15) is 4.79 Å². The Bertz CT molecular complexity index is 335. The molecule has 0 aliphatic carbocycles. The van der Waals surface area contributed by atoms with Crippen LogP contribution in [0, 0.1) is 0 Å². The van der Waals surface area contributed by atoms with Gasteiger partial charge in [-0.1, -0.05) is 0 Å². The Labute approximate surface area is 94.8 Å². The van der Waals surface area contributed by atoms with Gasteiger partial charge in [0.25, 0.3) is 5.91 Å². The Morgan fingerprint density at radius 2 is 2.33 bits per heavy atom. The predicted octanol–water partition coefficient (Wildman–Crippen LogP) is 1.51. The molecule has 5 heteroatoms. The number of carbonyl (C=O) groups excluding carboxylic acids is 1. The third kappa shape index (κ3) is 2.72. The average molecular weight is 230 g/mol. The number of hydrogen-bond donors (Lipinski definition) is 0. The maximum absolute atomic E-state index is 12.1. The molecule has 0 aliphatic rings. The molecule has 0 aromatic carbocycles.